The number of hydrogen-bond donors (Lipinski definition) is 1. The number of carboxylic acids is 1. The number of rotatable bonds is 6. The molecule has 1 aromatic carbocycles. The Kier molecular flexibility index (Phi) is 5.48. The Morgan fingerprint density at radius 1 is 1.33 bits per heavy atom. The van der Waals surface area contributed by atoms with Gasteiger partial charge in [-0.05, 0) is 6.92 Å². The molecule has 0 aliphatic carbocycles. The van der Waals surface area contributed by atoms with E-state index in [1.165, 1.54) is 13.1 Å². The molecule has 0 amide bonds. The number of carbonyl (C=O) groups is 1. The minimum Gasteiger partial charge on any atom is -0.480 e. The van der Waals surface area contributed by atoms with Gasteiger partial charge < -0.3 is 14.6 Å². The summed E-state index contributed by atoms with van der Waals surface area (Å²) in [5.74, 6) is -0.959. The number of aliphatic carboxylic acids is 1. The van der Waals surface area contributed by atoms with E-state index in [0.717, 1.165) is 11.1 Å². The third-order valence-corrected chi connectivity index (χ3v) is 2.47. The number of nitrogens with zero attached hydrogens (tertiary/aromatic N) is 1. The van der Waals surface area contributed by atoms with Gasteiger partial charge in [0.15, 0.2) is 6.29 Å². The Morgan fingerprint density at radius 3 is 2.50 bits per heavy atom. The zero-order chi connectivity index (χ0) is 13.5. The van der Waals surface area contributed by atoms with Gasteiger partial charge in [0.05, 0.1) is 0 Å². The highest BCUT2D eigenvalue weighted by molar-refractivity contribution is 5.84. The van der Waals surface area contributed by atoms with Gasteiger partial charge in [0.1, 0.15) is 6.04 Å². The fraction of sp³-hybridized carbons (Fsp3) is 0.385. The van der Waals surface area contributed by atoms with Crippen LogP contribution in [0.3, 0.4) is 0 Å². The average molecular weight is 251 g/mol. The van der Waals surface area contributed by atoms with Crippen molar-refractivity contribution in [2.75, 3.05) is 14.2 Å². The molecule has 0 bridgehead atoms. The van der Waals surface area contributed by atoms with E-state index in [0.29, 0.717) is 0 Å². The Morgan fingerprint density at radius 2 is 1.94 bits per heavy atom. The van der Waals surface area contributed by atoms with Crippen LogP contribution in [0.2, 0.25) is 0 Å². The zero-order valence-corrected chi connectivity index (χ0v) is 10.7. The standard InChI is InChI=1S/C13H17NO4/c1-9(12(15)16)14-8-10-6-4-5-7-11(10)13(17-2)18-3/h4-9,13H,1-3H3,(H,15,16). The number of benzene rings is 1. The summed E-state index contributed by atoms with van der Waals surface area (Å²) in [6, 6.07) is 6.61. The van der Waals surface area contributed by atoms with E-state index >= 15 is 0 Å². The molecule has 0 fully saturated rings. The Bertz CT molecular complexity index is 427. The first-order valence-corrected chi connectivity index (χ1v) is 5.50. The Hall–Kier alpha value is -1.72. The fourth-order valence-corrected chi connectivity index (χ4v) is 1.45. The van der Waals surface area contributed by atoms with E-state index in [9.17, 15) is 4.79 Å². The molecule has 18 heavy (non-hydrogen) atoms. The molecule has 5 nitrogen and oxygen atoms in total. The average Bonchev–Trinajstić information content (AvgIpc) is 2.38. The molecule has 1 atom stereocenters. The summed E-state index contributed by atoms with van der Waals surface area (Å²) < 4.78 is 10.4. The summed E-state index contributed by atoms with van der Waals surface area (Å²) >= 11 is 0. The second-order valence-corrected chi connectivity index (χ2v) is 3.72. The lowest BCUT2D eigenvalue weighted by atomic mass is 10.1. The molecule has 0 saturated carbocycles. The van der Waals surface area contributed by atoms with E-state index in [4.69, 9.17) is 14.6 Å². The summed E-state index contributed by atoms with van der Waals surface area (Å²) in [7, 11) is 3.09. The molecule has 0 aliphatic heterocycles. The van der Waals surface area contributed by atoms with E-state index in [1.54, 1.807) is 14.2 Å². The first kappa shape index (κ1) is 14.3. The molecule has 98 valence electrons. The topological polar surface area (TPSA) is 68.1 Å². The second kappa shape index (κ2) is 6.88. The summed E-state index contributed by atoms with van der Waals surface area (Å²) in [5, 5.41) is 8.77. The van der Waals surface area contributed by atoms with Crippen LogP contribution in [-0.4, -0.2) is 37.6 Å². The maximum Gasteiger partial charge on any atom is 0.328 e. The lowest BCUT2D eigenvalue weighted by Crippen LogP contribution is -2.13. The van der Waals surface area contributed by atoms with Crippen molar-refractivity contribution < 1.29 is 19.4 Å². The third kappa shape index (κ3) is 3.65. The highest BCUT2D eigenvalue weighted by atomic mass is 16.7. The van der Waals surface area contributed by atoms with Crippen LogP contribution in [0, 0.1) is 0 Å². The molecule has 1 rings (SSSR count). The lowest BCUT2D eigenvalue weighted by molar-refractivity contribution is -0.137. The lowest BCUT2D eigenvalue weighted by Gasteiger charge is -2.15. The van der Waals surface area contributed by atoms with Gasteiger partial charge in [-0.15, -0.1) is 0 Å². The Balaban J connectivity index is 2.98. The molecule has 5 heteroatoms. The predicted molar refractivity (Wildman–Crippen MR) is 67.9 cm³/mol. The number of methoxy groups -OCH3 is 2. The van der Waals surface area contributed by atoms with Crippen molar-refractivity contribution in [1.82, 2.24) is 0 Å². The van der Waals surface area contributed by atoms with Crippen LogP contribution < -0.4 is 0 Å². The van der Waals surface area contributed by atoms with Gasteiger partial charge in [0.2, 0.25) is 0 Å². The molecule has 0 saturated heterocycles. The van der Waals surface area contributed by atoms with Crippen LogP contribution in [0.25, 0.3) is 0 Å². The SMILES string of the molecule is COC(OC)c1ccccc1C=NC(C)C(=O)O. The quantitative estimate of drug-likeness (QED) is 0.619. The number of carboxylic acid groups (broad SMARTS) is 1. The summed E-state index contributed by atoms with van der Waals surface area (Å²) in [6.07, 6.45) is 1.03. The molecule has 1 unspecified atom stereocenters. The van der Waals surface area contributed by atoms with Crippen molar-refractivity contribution in [3.8, 4) is 0 Å². The van der Waals surface area contributed by atoms with Crippen LogP contribution in [-0.2, 0) is 14.3 Å². The minimum atomic E-state index is -0.959. The predicted octanol–water partition coefficient (Wildman–Crippen LogP) is 1.87. The fourth-order valence-electron chi connectivity index (χ4n) is 1.45. The number of aliphatic imine (C=N–C) groups is 1. The zero-order valence-electron chi connectivity index (χ0n) is 10.7. The Labute approximate surface area is 106 Å². The first-order valence-electron chi connectivity index (χ1n) is 5.50. The molecule has 0 aliphatic rings. The first-order chi connectivity index (χ1) is 8.60. The van der Waals surface area contributed by atoms with Crippen molar-refractivity contribution in [2.24, 2.45) is 4.99 Å². The third-order valence-electron chi connectivity index (χ3n) is 2.47. The molecule has 0 aromatic heterocycles. The molecule has 0 heterocycles. The summed E-state index contributed by atoms with van der Waals surface area (Å²) in [5.41, 5.74) is 1.59. The maximum atomic E-state index is 10.7. The number of hydrogen-bond acceptors (Lipinski definition) is 4. The molecule has 0 radical (unpaired) electrons. The highest BCUT2D eigenvalue weighted by Gasteiger charge is 2.13. The van der Waals surface area contributed by atoms with Gasteiger partial charge in [-0.25, -0.2) is 4.79 Å². The van der Waals surface area contributed by atoms with Gasteiger partial charge in [-0.3, -0.25) is 4.99 Å². The van der Waals surface area contributed by atoms with E-state index in [1.807, 2.05) is 24.3 Å². The van der Waals surface area contributed by atoms with E-state index < -0.39 is 18.3 Å². The van der Waals surface area contributed by atoms with Gasteiger partial charge in [0, 0.05) is 31.6 Å². The maximum absolute atomic E-state index is 10.7. The smallest absolute Gasteiger partial charge is 0.328 e. The normalized spacial score (nSPS) is 13.1. The van der Waals surface area contributed by atoms with Gasteiger partial charge in [0.25, 0.3) is 0 Å². The van der Waals surface area contributed by atoms with Gasteiger partial charge in [-0.1, -0.05) is 24.3 Å². The van der Waals surface area contributed by atoms with Crippen molar-refractivity contribution in [1.29, 1.82) is 0 Å². The monoisotopic (exact) mass is 251 g/mol. The molecule has 0 spiro atoms. The van der Waals surface area contributed by atoms with E-state index in [-0.39, 0.29) is 0 Å². The summed E-state index contributed by atoms with van der Waals surface area (Å²) in [6.45, 7) is 1.52. The molecule has 1 N–H and O–H groups in total. The van der Waals surface area contributed by atoms with Gasteiger partial charge in [-0.2, -0.15) is 0 Å². The van der Waals surface area contributed by atoms with Crippen LogP contribution >= 0.6 is 0 Å². The molecule has 1 aromatic rings. The van der Waals surface area contributed by atoms with E-state index in [2.05, 4.69) is 4.99 Å². The highest BCUT2D eigenvalue weighted by Crippen LogP contribution is 2.20. The number of ether oxygens (including phenoxy) is 2. The van der Waals surface area contributed by atoms with Crippen molar-refractivity contribution >= 4 is 12.2 Å². The van der Waals surface area contributed by atoms with Crippen LogP contribution in [0.5, 0.6) is 0 Å². The van der Waals surface area contributed by atoms with Crippen LogP contribution in [0.4, 0.5) is 0 Å². The van der Waals surface area contributed by atoms with Crippen LogP contribution in [0.1, 0.15) is 24.3 Å². The van der Waals surface area contributed by atoms with Crippen molar-refractivity contribution in [3.05, 3.63) is 35.4 Å². The van der Waals surface area contributed by atoms with Gasteiger partial charge >= 0.3 is 5.97 Å². The molecular formula is C13H17NO4. The summed E-state index contributed by atoms with van der Waals surface area (Å²) in [4.78, 5) is 14.7. The molecular weight excluding hydrogens is 234 g/mol. The second-order valence-electron chi connectivity index (χ2n) is 3.72. The van der Waals surface area contributed by atoms with Crippen molar-refractivity contribution in [3.63, 3.8) is 0 Å². The largest absolute Gasteiger partial charge is 0.480 e. The minimum absolute atomic E-state index is 0.493. The van der Waals surface area contributed by atoms with Crippen molar-refractivity contribution in [2.45, 2.75) is 19.3 Å². The van der Waals surface area contributed by atoms with Crippen LogP contribution in [0.15, 0.2) is 29.3 Å².